The molecule has 0 N–H and O–H groups in total. The summed E-state index contributed by atoms with van der Waals surface area (Å²) in [4.78, 5) is 2.04. The minimum absolute atomic E-state index is 0.0102. The second-order valence-electron chi connectivity index (χ2n) is 5.77. The molecule has 134 valence electrons. The first-order valence-corrected chi connectivity index (χ1v) is 8.91. The van der Waals surface area contributed by atoms with E-state index in [0.717, 1.165) is 9.75 Å². The van der Waals surface area contributed by atoms with Crippen LogP contribution in [-0.2, 0) is 0 Å². The van der Waals surface area contributed by atoms with E-state index >= 15 is 0 Å². The van der Waals surface area contributed by atoms with Gasteiger partial charge in [-0.15, -0.1) is 17.9 Å². The Morgan fingerprint density at radius 3 is 2.42 bits per heavy atom. The van der Waals surface area contributed by atoms with Gasteiger partial charge in [0, 0.05) is 20.9 Å². The first kappa shape index (κ1) is 18.3. The molecular formula is C21H17F3OS. The van der Waals surface area contributed by atoms with Crippen LogP contribution in [0.1, 0.15) is 11.3 Å². The van der Waals surface area contributed by atoms with E-state index in [9.17, 15) is 13.2 Å². The fraction of sp³-hybridized carbons (Fsp3) is 0.143. The van der Waals surface area contributed by atoms with Crippen LogP contribution in [0.25, 0.3) is 21.6 Å². The summed E-state index contributed by atoms with van der Waals surface area (Å²) in [5.74, 6) is -3.05. The molecule has 0 bridgehead atoms. The summed E-state index contributed by atoms with van der Waals surface area (Å²) in [5, 5.41) is 0. The molecule has 0 amide bonds. The number of benzene rings is 2. The van der Waals surface area contributed by atoms with E-state index in [0.29, 0.717) is 12.0 Å². The van der Waals surface area contributed by atoms with Crippen LogP contribution in [0.15, 0.2) is 55.1 Å². The molecule has 3 aromatic rings. The first-order chi connectivity index (χ1) is 12.5. The highest BCUT2D eigenvalue weighted by Crippen LogP contribution is 2.34. The molecule has 1 nitrogen and oxygen atoms in total. The zero-order valence-electron chi connectivity index (χ0n) is 14.2. The average molecular weight is 374 g/mol. The van der Waals surface area contributed by atoms with Crippen molar-refractivity contribution in [3.05, 3.63) is 77.4 Å². The van der Waals surface area contributed by atoms with Crippen LogP contribution in [0.4, 0.5) is 13.2 Å². The Labute approximate surface area is 154 Å². The SMILES string of the molecule is C=CCCOc1ccc(-c2ccc(-c3ccc(C)s3)cc2F)c(F)c1F. The quantitative estimate of drug-likeness (QED) is 0.342. The van der Waals surface area contributed by atoms with Crippen molar-refractivity contribution in [2.45, 2.75) is 13.3 Å². The summed E-state index contributed by atoms with van der Waals surface area (Å²) < 4.78 is 48.4. The van der Waals surface area contributed by atoms with Crippen LogP contribution in [0.2, 0.25) is 0 Å². The highest BCUT2D eigenvalue weighted by Gasteiger charge is 2.18. The summed E-state index contributed by atoms with van der Waals surface area (Å²) in [6.45, 7) is 5.70. The number of hydrogen-bond acceptors (Lipinski definition) is 2. The Hall–Kier alpha value is -2.53. The molecule has 0 atom stereocenters. The summed E-state index contributed by atoms with van der Waals surface area (Å²) in [6.07, 6.45) is 2.13. The largest absolute Gasteiger partial charge is 0.490 e. The van der Waals surface area contributed by atoms with Crippen LogP contribution in [0, 0.1) is 24.4 Å². The zero-order chi connectivity index (χ0) is 18.7. The minimum Gasteiger partial charge on any atom is -0.490 e. The normalized spacial score (nSPS) is 10.8. The standard InChI is InChI=1S/C21H17F3OS/c1-3-4-11-25-18-9-8-16(20(23)21(18)24)15-7-6-14(12-17(15)22)19-10-5-13(2)26-19/h3,5-10,12H,1,4,11H2,2H3. The van der Waals surface area contributed by atoms with Gasteiger partial charge in [-0.2, -0.15) is 4.39 Å². The van der Waals surface area contributed by atoms with Gasteiger partial charge in [-0.1, -0.05) is 18.2 Å². The van der Waals surface area contributed by atoms with Crippen molar-refractivity contribution in [3.63, 3.8) is 0 Å². The lowest BCUT2D eigenvalue weighted by Gasteiger charge is -2.11. The van der Waals surface area contributed by atoms with Crippen molar-refractivity contribution in [3.8, 4) is 27.3 Å². The van der Waals surface area contributed by atoms with Crippen molar-refractivity contribution in [2.24, 2.45) is 0 Å². The first-order valence-electron chi connectivity index (χ1n) is 8.09. The van der Waals surface area contributed by atoms with E-state index in [2.05, 4.69) is 6.58 Å². The smallest absolute Gasteiger partial charge is 0.201 e. The van der Waals surface area contributed by atoms with Gasteiger partial charge in [-0.3, -0.25) is 0 Å². The second kappa shape index (κ2) is 7.79. The van der Waals surface area contributed by atoms with E-state index in [1.54, 1.807) is 23.5 Å². The molecule has 0 saturated heterocycles. The molecular weight excluding hydrogens is 357 g/mol. The predicted molar refractivity (Wildman–Crippen MR) is 100 cm³/mol. The van der Waals surface area contributed by atoms with Gasteiger partial charge in [0.15, 0.2) is 11.6 Å². The van der Waals surface area contributed by atoms with Gasteiger partial charge >= 0.3 is 0 Å². The van der Waals surface area contributed by atoms with Crippen molar-refractivity contribution < 1.29 is 17.9 Å². The lowest BCUT2D eigenvalue weighted by Crippen LogP contribution is -2.01. The third-order valence-electron chi connectivity index (χ3n) is 3.91. The number of rotatable bonds is 6. The van der Waals surface area contributed by atoms with Gasteiger partial charge in [-0.05, 0) is 49.2 Å². The molecule has 0 aliphatic heterocycles. The molecule has 2 aromatic carbocycles. The summed E-state index contributed by atoms with van der Waals surface area (Å²) in [6, 6.07) is 11.0. The molecule has 3 rings (SSSR count). The van der Waals surface area contributed by atoms with E-state index in [-0.39, 0.29) is 23.5 Å². The predicted octanol–water partition coefficient (Wildman–Crippen LogP) is 6.76. The topological polar surface area (TPSA) is 9.23 Å². The van der Waals surface area contributed by atoms with Crippen molar-refractivity contribution >= 4 is 11.3 Å². The lowest BCUT2D eigenvalue weighted by atomic mass is 10.0. The zero-order valence-corrected chi connectivity index (χ0v) is 15.0. The molecule has 26 heavy (non-hydrogen) atoms. The van der Waals surface area contributed by atoms with Crippen LogP contribution in [0.5, 0.6) is 5.75 Å². The molecule has 0 unspecified atom stereocenters. The van der Waals surface area contributed by atoms with Crippen molar-refractivity contribution in [2.75, 3.05) is 6.61 Å². The maximum Gasteiger partial charge on any atom is 0.201 e. The Kier molecular flexibility index (Phi) is 5.47. The highest BCUT2D eigenvalue weighted by atomic mass is 32.1. The number of thiophene rings is 1. The third-order valence-corrected chi connectivity index (χ3v) is 4.96. The van der Waals surface area contributed by atoms with E-state index < -0.39 is 17.5 Å². The molecule has 0 spiro atoms. The Bertz CT molecular complexity index is 946. The Morgan fingerprint density at radius 1 is 1.00 bits per heavy atom. The van der Waals surface area contributed by atoms with Gasteiger partial charge in [0.1, 0.15) is 5.82 Å². The van der Waals surface area contributed by atoms with Gasteiger partial charge in [0.2, 0.25) is 5.82 Å². The van der Waals surface area contributed by atoms with E-state index in [4.69, 9.17) is 4.74 Å². The Morgan fingerprint density at radius 2 is 1.77 bits per heavy atom. The lowest BCUT2D eigenvalue weighted by molar-refractivity contribution is 0.302. The molecule has 0 aliphatic carbocycles. The van der Waals surface area contributed by atoms with Crippen molar-refractivity contribution in [1.82, 2.24) is 0 Å². The van der Waals surface area contributed by atoms with Gasteiger partial charge in [0.25, 0.3) is 0 Å². The number of halogens is 3. The average Bonchev–Trinajstić information content (AvgIpc) is 3.06. The molecule has 1 heterocycles. The van der Waals surface area contributed by atoms with E-state index in [1.165, 1.54) is 24.3 Å². The molecule has 5 heteroatoms. The molecule has 0 saturated carbocycles. The van der Waals surface area contributed by atoms with Crippen LogP contribution < -0.4 is 4.74 Å². The summed E-state index contributed by atoms with van der Waals surface area (Å²) >= 11 is 1.54. The third kappa shape index (κ3) is 3.68. The second-order valence-corrected chi connectivity index (χ2v) is 7.06. The fourth-order valence-corrected chi connectivity index (χ4v) is 3.44. The number of ether oxygens (including phenoxy) is 1. The van der Waals surface area contributed by atoms with Gasteiger partial charge < -0.3 is 4.74 Å². The maximum absolute atomic E-state index is 14.6. The molecule has 0 aliphatic rings. The fourth-order valence-electron chi connectivity index (χ4n) is 2.58. The number of hydrogen-bond donors (Lipinski definition) is 0. The van der Waals surface area contributed by atoms with Gasteiger partial charge in [0.05, 0.1) is 6.61 Å². The van der Waals surface area contributed by atoms with Crippen LogP contribution in [-0.4, -0.2) is 6.61 Å². The summed E-state index contributed by atoms with van der Waals surface area (Å²) in [5.41, 5.74) is 0.579. The van der Waals surface area contributed by atoms with Crippen LogP contribution in [0.3, 0.4) is 0 Å². The van der Waals surface area contributed by atoms with Crippen LogP contribution >= 0.6 is 11.3 Å². The highest BCUT2D eigenvalue weighted by molar-refractivity contribution is 7.15. The Balaban J connectivity index is 1.93. The molecule has 0 fully saturated rings. The van der Waals surface area contributed by atoms with E-state index in [1.807, 2.05) is 19.1 Å². The number of aryl methyl sites for hydroxylation is 1. The molecule has 0 radical (unpaired) electrons. The minimum atomic E-state index is -1.13. The van der Waals surface area contributed by atoms with Crippen molar-refractivity contribution in [1.29, 1.82) is 0 Å². The monoisotopic (exact) mass is 374 g/mol. The summed E-state index contributed by atoms with van der Waals surface area (Å²) in [7, 11) is 0. The molecule has 1 aromatic heterocycles. The maximum atomic E-state index is 14.6. The van der Waals surface area contributed by atoms with Gasteiger partial charge in [-0.25, -0.2) is 8.78 Å².